The van der Waals surface area contributed by atoms with Gasteiger partial charge < -0.3 is 5.32 Å². The highest BCUT2D eigenvalue weighted by atomic mass is 19.4. The van der Waals surface area contributed by atoms with Crippen molar-refractivity contribution in [1.29, 1.82) is 0 Å². The number of carbonyl (C=O) groups excluding carboxylic acids is 2. The molecule has 0 aliphatic carbocycles. The van der Waals surface area contributed by atoms with Gasteiger partial charge in [0.05, 0.1) is 5.56 Å². The van der Waals surface area contributed by atoms with Crippen LogP contribution in [0.3, 0.4) is 0 Å². The molecule has 1 aromatic carbocycles. The number of benzene rings is 1. The average Bonchev–Trinajstić information content (AvgIpc) is 2.48. The van der Waals surface area contributed by atoms with Gasteiger partial charge in [-0.1, -0.05) is 6.07 Å². The molecule has 5 nitrogen and oxygen atoms in total. The third-order valence-electron chi connectivity index (χ3n) is 2.85. The minimum atomic E-state index is -4.51. The Bertz CT molecular complexity index is 730. The molecule has 1 N–H and O–H groups in total. The van der Waals surface area contributed by atoms with E-state index < -0.39 is 17.6 Å². The summed E-state index contributed by atoms with van der Waals surface area (Å²) in [5, 5.41) is 2.35. The third-order valence-corrected chi connectivity index (χ3v) is 2.85. The zero-order valence-electron chi connectivity index (χ0n) is 11.3. The Morgan fingerprint density at radius 1 is 1.23 bits per heavy atom. The largest absolute Gasteiger partial charge is 0.416 e. The lowest BCUT2D eigenvalue weighted by Gasteiger charge is -2.12. The van der Waals surface area contributed by atoms with E-state index in [1.165, 1.54) is 6.07 Å². The molecule has 0 aliphatic rings. The second kappa shape index (κ2) is 5.92. The number of amides is 1. The molecule has 0 spiro atoms. The van der Waals surface area contributed by atoms with Crippen molar-refractivity contribution in [3.05, 3.63) is 53.1 Å². The molecule has 8 heteroatoms. The second-order valence-corrected chi connectivity index (χ2v) is 4.43. The quantitative estimate of drug-likeness (QED) is 0.885. The number of aldehydes is 1. The van der Waals surface area contributed by atoms with Crippen LogP contribution in [0.2, 0.25) is 0 Å². The normalized spacial score (nSPS) is 11.1. The molecule has 0 fully saturated rings. The van der Waals surface area contributed by atoms with Gasteiger partial charge in [-0.2, -0.15) is 13.2 Å². The molecule has 2 aromatic rings. The number of aromatic nitrogens is 2. The first-order valence-corrected chi connectivity index (χ1v) is 6.07. The summed E-state index contributed by atoms with van der Waals surface area (Å²) in [6, 6.07) is 4.18. The Hall–Kier alpha value is -2.77. The van der Waals surface area contributed by atoms with E-state index in [1.54, 1.807) is 6.92 Å². The zero-order chi connectivity index (χ0) is 16.3. The smallest absolute Gasteiger partial charge is 0.320 e. The summed E-state index contributed by atoms with van der Waals surface area (Å²) in [5.74, 6) is -0.729. The maximum atomic E-state index is 12.7. The van der Waals surface area contributed by atoms with Crippen LogP contribution >= 0.6 is 0 Å². The van der Waals surface area contributed by atoms with Crippen LogP contribution in [0.15, 0.2) is 30.6 Å². The maximum absolute atomic E-state index is 12.7. The highest BCUT2D eigenvalue weighted by molar-refractivity contribution is 6.03. The average molecular weight is 309 g/mol. The molecule has 1 aromatic heterocycles. The first kappa shape index (κ1) is 15.6. The fourth-order valence-electron chi connectivity index (χ4n) is 1.68. The van der Waals surface area contributed by atoms with Crippen LogP contribution in [0.5, 0.6) is 0 Å². The SMILES string of the molecule is Cc1ccc(C(F)(F)F)cc1NC(=O)c1cc(C=O)ncn1. The summed E-state index contributed by atoms with van der Waals surface area (Å²) in [4.78, 5) is 29.9. The van der Waals surface area contributed by atoms with E-state index in [2.05, 4.69) is 15.3 Å². The molecular formula is C14H10F3N3O2. The van der Waals surface area contributed by atoms with E-state index in [0.717, 1.165) is 24.5 Å². The van der Waals surface area contributed by atoms with Crippen LogP contribution in [-0.4, -0.2) is 22.2 Å². The van der Waals surface area contributed by atoms with Gasteiger partial charge in [-0.05, 0) is 30.7 Å². The number of hydrogen-bond acceptors (Lipinski definition) is 4. The number of rotatable bonds is 3. The molecule has 0 radical (unpaired) electrons. The Labute approximate surface area is 123 Å². The Morgan fingerprint density at radius 3 is 2.59 bits per heavy atom. The summed E-state index contributed by atoms with van der Waals surface area (Å²) in [6.07, 6.45) is -3.04. The minimum Gasteiger partial charge on any atom is -0.320 e. The number of hydrogen-bond donors (Lipinski definition) is 1. The van der Waals surface area contributed by atoms with Crippen LogP contribution in [-0.2, 0) is 6.18 Å². The van der Waals surface area contributed by atoms with Crippen molar-refractivity contribution >= 4 is 17.9 Å². The van der Waals surface area contributed by atoms with Gasteiger partial charge in [-0.15, -0.1) is 0 Å². The van der Waals surface area contributed by atoms with Gasteiger partial charge in [0.15, 0.2) is 6.29 Å². The molecule has 2 rings (SSSR count). The van der Waals surface area contributed by atoms with Gasteiger partial charge in [-0.25, -0.2) is 9.97 Å². The van der Waals surface area contributed by atoms with Gasteiger partial charge in [0.1, 0.15) is 17.7 Å². The van der Waals surface area contributed by atoms with Crippen molar-refractivity contribution < 1.29 is 22.8 Å². The number of anilines is 1. The van der Waals surface area contributed by atoms with Crippen LogP contribution in [0, 0.1) is 6.92 Å². The van der Waals surface area contributed by atoms with Crippen LogP contribution in [0.25, 0.3) is 0 Å². The van der Waals surface area contributed by atoms with Crippen molar-refractivity contribution in [2.24, 2.45) is 0 Å². The van der Waals surface area contributed by atoms with Gasteiger partial charge in [0.2, 0.25) is 0 Å². The van der Waals surface area contributed by atoms with Gasteiger partial charge in [-0.3, -0.25) is 9.59 Å². The summed E-state index contributed by atoms with van der Waals surface area (Å²) >= 11 is 0. The van der Waals surface area contributed by atoms with Gasteiger partial charge >= 0.3 is 6.18 Å². The van der Waals surface area contributed by atoms with Crippen molar-refractivity contribution in [3.63, 3.8) is 0 Å². The summed E-state index contributed by atoms with van der Waals surface area (Å²) in [7, 11) is 0. The second-order valence-electron chi connectivity index (χ2n) is 4.43. The zero-order valence-corrected chi connectivity index (χ0v) is 11.3. The molecule has 0 aliphatic heterocycles. The van der Waals surface area contributed by atoms with E-state index in [-0.39, 0.29) is 17.1 Å². The Morgan fingerprint density at radius 2 is 1.95 bits per heavy atom. The molecule has 114 valence electrons. The summed E-state index contributed by atoms with van der Waals surface area (Å²) in [6.45, 7) is 1.56. The topological polar surface area (TPSA) is 72.0 Å². The van der Waals surface area contributed by atoms with E-state index in [0.29, 0.717) is 11.8 Å². The highest BCUT2D eigenvalue weighted by Crippen LogP contribution is 2.32. The maximum Gasteiger partial charge on any atom is 0.416 e. The number of carbonyl (C=O) groups is 2. The van der Waals surface area contributed by atoms with E-state index >= 15 is 0 Å². The minimum absolute atomic E-state index is 0.000846. The fourth-order valence-corrected chi connectivity index (χ4v) is 1.68. The van der Waals surface area contributed by atoms with E-state index in [4.69, 9.17) is 0 Å². The van der Waals surface area contributed by atoms with Crippen molar-refractivity contribution in [1.82, 2.24) is 9.97 Å². The number of halogens is 3. The standard InChI is InChI=1S/C14H10F3N3O2/c1-8-2-3-9(14(15,16)17)4-11(8)20-13(22)12-5-10(6-21)18-7-19-12/h2-7H,1H3,(H,20,22). The van der Waals surface area contributed by atoms with Crippen LogP contribution < -0.4 is 5.32 Å². The summed E-state index contributed by atoms with van der Waals surface area (Å²) < 4.78 is 38.1. The van der Waals surface area contributed by atoms with Gasteiger partial charge in [0.25, 0.3) is 5.91 Å². The first-order chi connectivity index (χ1) is 10.3. The molecule has 1 heterocycles. The Kier molecular flexibility index (Phi) is 4.20. The fraction of sp³-hybridized carbons (Fsp3) is 0.143. The van der Waals surface area contributed by atoms with Crippen molar-refractivity contribution in [2.75, 3.05) is 5.32 Å². The third kappa shape index (κ3) is 3.46. The molecule has 0 saturated carbocycles. The van der Waals surface area contributed by atoms with Crippen molar-refractivity contribution in [2.45, 2.75) is 13.1 Å². The Balaban J connectivity index is 2.29. The predicted octanol–water partition coefficient (Wildman–Crippen LogP) is 2.87. The predicted molar refractivity (Wildman–Crippen MR) is 71.6 cm³/mol. The number of alkyl halides is 3. The molecule has 0 atom stereocenters. The molecular weight excluding hydrogens is 299 g/mol. The lowest BCUT2D eigenvalue weighted by atomic mass is 10.1. The number of nitrogens with one attached hydrogen (secondary N) is 1. The molecule has 0 bridgehead atoms. The molecule has 0 saturated heterocycles. The highest BCUT2D eigenvalue weighted by Gasteiger charge is 2.31. The number of nitrogens with zero attached hydrogens (tertiary/aromatic N) is 2. The van der Waals surface area contributed by atoms with Gasteiger partial charge in [0, 0.05) is 5.69 Å². The van der Waals surface area contributed by atoms with E-state index in [9.17, 15) is 22.8 Å². The summed E-state index contributed by atoms with van der Waals surface area (Å²) in [5.41, 5.74) is -0.503. The van der Waals surface area contributed by atoms with Crippen LogP contribution in [0.1, 0.15) is 32.1 Å². The number of aryl methyl sites for hydroxylation is 1. The lowest BCUT2D eigenvalue weighted by Crippen LogP contribution is -2.16. The monoisotopic (exact) mass is 309 g/mol. The van der Waals surface area contributed by atoms with Crippen LogP contribution in [0.4, 0.5) is 18.9 Å². The van der Waals surface area contributed by atoms with E-state index in [1.807, 2.05) is 0 Å². The lowest BCUT2D eigenvalue weighted by molar-refractivity contribution is -0.137. The van der Waals surface area contributed by atoms with Crippen molar-refractivity contribution in [3.8, 4) is 0 Å². The molecule has 1 amide bonds. The molecule has 22 heavy (non-hydrogen) atoms. The first-order valence-electron chi connectivity index (χ1n) is 6.07. The molecule has 0 unspecified atom stereocenters.